The van der Waals surface area contributed by atoms with Crippen LogP contribution in [0.2, 0.25) is 0 Å². The highest BCUT2D eigenvalue weighted by atomic mass is 16.5. The summed E-state index contributed by atoms with van der Waals surface area (Å²) in [6.07, 6.45) is 3.63. The van der Waals surface area contributed by atoms with E-state index in [1.165, 1.54) is 19.4 Å². The number of nitriles is 1. The molecule has 0 aliphatic heterocycles. The Balaban J connectivity index is 1.97. The van der Waals surface area contributed by atoms with Crippen LogP contribution in [0.5, 0.6) is 5.75 Å². The van der Waals surface area contributed by atoms with Crippen molar-refractivity contribution in [1.29, 1.82) is 5.26 Å². The van der Waals surface area contributed by atoms with Crippen molar-refractivity contribution in [1.82, 2.24) is 5.32 Å². The molecule has 0 bridgehead atoms. The molecule has 28 heavy (non-hydrogen) atoms. The summed E-state index contributed by atoms with van der Waals surface area (Å²) in [4.78, 5) is 24.7. The first kappa shape index (κ1) is 21.5. The second kappa shape index (κ2) is 9.93. The predicted octanol–water partition coefficient (Wildman–Crippen LogP) is 3.47. The Bertz CT molecular complexity index is 764. The van der Waals surface area contributed by atoms with Gasteiger partial charge >= 0.3 is 5.97 Å². The molecule has 0 unspecified atom stereocenters. The smallest absolute Gasteiger partial charge is 0.349 e. The summed E-state index contributed by atoms with van der Waals surface area (Å²) in [6.45, 7) is 5.85. The van der Waals surface area contributed by atoms with E-state index in [1.54, 1.807) is 31.4 Å². The lowest BCUT2D eigenvalue weighted by atomic mass is 9.78. The van der Waals surface area contributed by atoms with Crippen LogP contribution in [0.3, 0.4) is 0 Å². The quantitative estimate of drug-likeness (QED) is 0.461. The summed E-state index contributed by atoms with van der Waals surface area (Å²) in [6, 6.07) is 8.84. The molecule has 1 fully saturated rings. The number of hydrogen-bond acceptors (Lipinski definition) is 5. The number of rotatable bonds is 6. The topological polar surface area (TPSA) is 88.4 Å². The zero-order valence-corrected chi connectivity index (χ0v) is 16.9. The lowest BCUT2D eigenvalue weighted by Gasteiger charge is -2.35. The largest absolute Gasteiger partial charge is 0.497 e. The normalized spacial score (nSPS) is 23.2. The number of ether oxygens (including phenoxy) is 2. The van der Waals surface area contributed by atoms with Crippen LogP contribution in [0.4, 0.5) is 0 Å². The second-order valence-electron chi connectivity index (χ2n) is 7.37. The van der Waals surface area contributed by atoms with Gasteiger partial charge in [0.1, 0.15) is 17.4 Å². The van der Waals surface area contributed by atoms with Crippen LogP contribution in [-0.4, -0.2) is 31.1 Å². The first-order valence-corrected chi connectivity index (χ1v) is 9.63. The van der Waals surface area contributed by atoms with Crippen LogP contribution in [0, 0.1) is 23.2 Å². The van der Waals surface area contributed by atoms with E-state index in [1.807, 2.05) is 6.07 Å². The van der Waals surface area contributed by atoms with E-state index in [4.69, 9.17) is 9.47 Å². The molecule has 1 amide bonds. The molecule has 1 aromatic carbocycles. The maximum absolute atomic E-state index is 12.4. The Labute approximate surface area is 166 Å². The van der Waals surface area contributed by atoms with Gasteiger partial charge in [-0.2, -0.15) is 5.26 Å². The Morgan fingerprint density at radius 1 is 1.25 bits per heavy atom. The maximum Gasteiger partial charge on any atom is 0.349 e. The first-order valence-electron chi connectivity index (χ1n) is 9.63. The number of nitrogens with zero attached hydrogens (tertiary/aromatic N) is 1. The first-order chi connectivity index (χ1) is 13.3. The summed E-state index contributed by atoms with van der Waals surface area (Å²) >= 11 is 0. The van der Waals surface area contributed by atoms with Gasteiger partial charge in [0, 0.05) is 6.04 Å². The maximum atomic E-state index is 12.4. The highest BCUT2D eigenvalue weighted by molar-refractivity contribution is 5.99. The molecule has 6 nitrogen and oxygen atoms in total. The van der Waals surface area contributed by atoms with Gasteiger partial charge in [0.2, 0.25) is 0 Å². The summed E-state index contributed by atoms with van der Waals surface area (Å²) < 4.78 is 10.3. The average Bonchev–Trinajstić information content (AvgIpc) is 2.69. The predicted molar refractivity (Wildman–Crippen MR) is 106 cm³/mol. The monoisotopic (exact) mass is 384 g/mol. The molecular weight excluding hydrogens is 356 g/mol. The van der Waals surface area contributed by atoms with Gasteiger partial charge in [-0.25, -0.2) is 4.79 Å². The van der Waals surface area contributed by atoms with Gasteiger partial charge in [-0.3, -0.25) is 4.79 Å². The summed E-state index contributed by atoms with van der Waals surface area (Å²) in [5.41, 5.74) is 0.501. The second-order valence-corrected chi connectivity index (χ2v) is 7.37. The molecule has 150 valence electrons. The van der Waals surface area contributed by atoms with Gasteiger partial charge in [0.05, 0.1) is 7.11 Å². The number of esters is 1. The number of carbonyl (C=O) groups excluding carboxylic acids is 2. The molecule has 0 heterocycles. The molecule has 1 aliphatic carbocycles. The number of benzene rings is 1. The van der Waals surface area contributed by atoms with Crippen LogP contribution in [0.25, 0.3) is 6.08 Å². The molecule has 4 atom stereocenters. The van der Waals surface area contributed by atoms with Crippen LogP contribution in [-0.2, 0) is 14.3 Å². The van der Waals surface area contributed by atoms with Gasteiger partial charge in [-0.05, 0) is 49.0 Å². The fourth-order valence-corrected chi connectivity index (χ4v) is 3.37. The molecule has 0 saturated heterocycles. The highest BCUT2D eigenvalue weighted by Crippen LogP contribution is 2.29. The molecule has 2 rings (SSSR count). The van der Waals surface area contributed by atoms with E-state index in [9.17, 15) is 14.9 Å². The van der Waals surface area contributed by atoms with Gasteiger partial charge in [0.25, 0.3) is 5.91 Å². The summed E-state index contributed by atoms with van der Waals surface area (Å²) in [5, 5.41) is 12.3. The lowest BCUT2D eigenvalue weighted by molar-refractivity contribution is -0.151. The SMILES string of the molecule is COc1ccc(/C=C(\C#N)C(=O)O[C@H](C)C(=O)N[C@H]2CCC[C@@H](C)[C@H]2C)cc1. The Morgan fingerprint density at radius 2 is 1.93 bits per heavy atom. The van der Waals surface area contributed by atoms with Gasteiger partial charge < -0.3 is 14.8 Å². The number of amides is 1. The Hall–Kier alpha value is -2.81. The van der Waals surface area contributed by atoms with Crippen LogP contribution in [0.1, 0.15) is 45.6 Å². The minimum absolute atomic E-state index is 0.0858. The number of methoxy groups -OCH3 is 1. The zero-order chi connectivity index (χ0) is 20.7. The number of hydrogen-bond donors (Lipinski definition) is 1. The Kier molecular flexibility index (Phi) is 7.62. The lowest BCUT2D eigenvalue weighted by Crippen LogP contribution is -2.47. The Morgan fingerprint density at radius 3 is 2.54 bits per heavy atom. The molecule has 6 heteroatoms. The summed E-state index contributed by atoms with van der Waals surface area (Å²) in [7, 11) is 1.56. The zero-order valence-electron chi connectivity index (χ0n) is 16.9. The average molecular weight is 384 g/mol. The molecule has 0 aromatic heterocycles. The van der Waals surface area contributed by atoms with Crippen LogP contribution < -0.4 is 10.1 Å². The van der Waals surface area contributed by atoms with E-state index in [0.717, 1.165) is 12.8 Å². The third-order valence-corrected chi connectivity index (χ3v) is 5.45. The molecule has 1 aromatic rings. The van der Waals surface area contributed by atoms with Crippen molar-refractivity contribution in [3.8, 4) is 11.8 Å². The number of carbonyl (C=O) groups is 2. The van der Waals surface area contributed by atoms with Gasteiger partial charge in [0.15, 0.2) is 6.10 Å². The van der Waals surface area contributed by atoms with Gasteiger partial charge in [-0.15, -0.1) is 0 Å². The molecule has 0 spiro atoms. The molecule has 1 saturated carbocycles. The molecular formula is C22H28N2O4. The van der Waals surface area contributed by atoms with Crippen molar-refractivity contribution in [3.05, 3.63) is 35.4 Å². The van der Waals surface area contributed by atoms with Crippen molar-refractivity contribution in [2.45, 2.75) is 52.2 Å². The van der Waals surface area contributed by atoms with E-state index in [-0.39, 0.29) is 17.5 Å². The van der Waals surface area contributed by atoms with Gasteiger partial charge in [-0.1, -0.05) is 38.8 Å². The molecule has 1 aliphatic rings. The van der Waals surface area contributed by atoms with Crippen molar-refractivity contribution < 1.29 is 19.1 Å². The van der Waals surface area contributed by atoms with E-state index >= 15 is 0 Å². The van der Waals surface area contributed by atoms with E-state index in [2.05, 4.69) is 19.2 Å². The van der Waals surface area contributed by atoms with Crippen molar-refractivity contribution in [2.75, 3.05) is 7.11 Å². The minimum Gasteiger partial charge on any atom is -0.497 e. The number of nitrogens with one attached hydrogen (secondary N) is 1. The fraction of sp³-hybridized carbons (Fsp3) is 0.500. The van der Waals surface area contributed by atoms with Crippen molar-refractivity contribution >= 4 is 18.0 Å². The third kappa shape index (κ3) is 5.59. The third-order valence-electron chi connectivity index (χ3n) is 5.45. The van der Waals surface area contributed by atoms with Crippen LogP contribution >= 0.6 is 0 Å². The summed E-state index contributed by atoms with van der Waals surface area (Å²) in [5.74, 6) is 0.460. The van der Waals surface area contributed by atoms with Crippen molar-refractivity contribution in [2.24, 2.45) is 11.8 Å². The molecule has 1 N–H and O–H groups in total. The fourth-order valence-electron chi connectivity index (χ4n) is 3.37. The van der Waals surface area contributed by atoms with Crippen LogP contribution in [0.15, 0.2) is 29.8 Å². The minimum atomic E-state index is -0.968. The standard InChI is InChI=1S/C22H28N2O4/c1-14-6-5-7-20(15(14)2)24-21(25)16(3)28-22(26)18(13-23)12-17-8-10-19(27-4)11-9-17/h8-12,14-16,20H,5-7H2,1-4H3,(H,24,25)/b18-12+/t14-,15-,16-,20+/m1/s1. The molecule has 0 radical (unpaired) electrons. The van der Waals surface area contributed by atoms with E-state index in [0.29, 0.717) is 23.1 Å². The highest BCUT2D eigenvalue weighted by Gasteiger charge is 2.30. The van der Waals surface area contributed by atoms with Crippen molar-refractivity contribution in [3.63, 3.8) is 0 Å². The van der Waals surface area contributed by atoms with E-state index < -0.39 is 12.1 Å².